The van der Waals surface area contributed by atoms with Crippen molar-refractivity contribution in [3.05, 3.63) is 333 Å². The van der Waals surface area contributed by atoms with Crippen molar-refractivity contribution >= 4 is 146 Å². The van der Waals surface area contributed by atoms with Gasteiger partial charge >= 0.3 is 0 Å². The summed E-state index contributed by atoms with van der Waals surface area (Å²) < 4.78 is 24.1. The first kappa shape index (κ1) is 57.9. The number of rotatable bonds is 9. The summed E-state index contributed by atoms with van der Waals surface area (Å²) >= 11 is 1.82. The van der Waals surface area contributed by atoms with Crippen molar-refractivity contribution in [1.29, 1.82) is 0 Å². The Bertz CT molecular complexity index is 7350. The lowest BCUT2D eigenvalue weighted by Gasteiger charge is -2.26. The first-order chi connectivity index (χ1) is 51.5. The van der Waals surface area contributed by atoms with Crippen LogP contribution in [0.2, 0.25) is 0 Å². The average molecular weight is 1340 g/mol. The Morgan fingerprint density at radius 1 is 0.279 bits per heavy atom. The van der Waals surface area contributed by atoms with E-state index in [2.05, 4.69) is 262 Å². The van der Waals surface area contributed by atoms with Crippen molar-refractivity contribution in [3.8, 4) is 84.6 Å². The number of furan rings is 2. The summed E-state index contributed by atoms with van der Waals surface area (Å²) in [5.74, 6) is 1.35. The molecule has 0 atom stereocenters. The van der Waals surface area contributed by atoms with Gasteiger partial charge in [-0.15, -0.1) is 11.3 Å². The first-order valence-electron chi connectivity index (χ1n) is 34.8. The van der Waals surface area contributed by atoms with E-state index < -0.39 is 0 Å². The summed E-state index contributed by atoms with van der Waals surface area (Å²) in [6.07, 6.45) is 0. The molecule has 0 saturated heterocycles. The minimum Gasteiger partial charge on any atom is -0.455 e. The van der Waals surface area contributed by atoms with Crippen molar-refractivity contribution < 1.29 is 8.83 Å². The number of benzene rings is 15. The van der Waals surface area contributed by atoms with Gasteiger partial charge in [0.25, 0.3) is 0 Å². The zero-order chi connectivity index (χ0) is 68.3. The molecular weight excluding hydrogens is 1290 g/mol. The van der Waals surface area contributed by atoms with Crippen LogP contribution >= 0.6 is 11.3 Å². The quantitative estimate of drug-likeness (QED) is 0.134. The van der Waals surface area contributed by atoms with Crippen LogP contribution in [0.4, 0.5) is 5.69 Å². The zero-order valence-electron chi connectivity index (χ0n) is 55.5. The SMILES string of the molecule is [C-]#[N+]c1cc(-c2nc(-c3ccccc3)nc(-c3ccccc3)n2)c(-n2c3ccc(-c4ccccc4)cc3c3c4oc5ccccc5c4ccc32)c(-n2c3ccc(-c4ccccc4)cc3c3c4sc5ccccc5c4ccc32)c1-n1c2ccc(-c3ccccc3)cc2c2c3oc4ccccc4c3ccc21. The van der Waals surface area contributed by atoms with E-state index in [0.29, 0.717) is 34.4 Å². The van der Waals surface area contributed by atoms with Gasteiger partial charge in [-0.3, -0.25) is 0 Å². The van der Waals surface area contributed by atoms with E-state index in [1.807, 2.05) is 84.1 Å². The van der Waals surface area contributed by atoms with Crippen LogP contribution in [0.15, 0.2) is 330 Å². The lowest BCUT2D eigenvalue weighted by molar-refractivity contribution is 0.672. The third kappa shape index (κ3) is 8.56. The summed E-state index contributed by atoms with van der Waals surface area (Å²) in [4.78, 5) is 21.6. The van der Waals surface area contributed by atoms with Gasteiger partial charge in [0.1, 0.15) is 22.3 Å². The van der Waals surface area contributed by atoms with Gasteiger partial charge in [0, 0.05) is 80.0 Å². The molecule has 22 aromatic rings. The molecule has 0 N–H and O–H groups in total. The second-order valence-electron chi connectivity index (χ2n) is 26.7. The van der Waals surface area contributed by atoms with E-state index in [0.717, 1.165) is 170 Å². The van der Waals surface area contributed by atoms with Crippen LogP contribution in [0.5, 0.6) is 0 Å². The normalized spacial score (nSPS) is 12.0. The summed E-state index contributed by atoms with van der Waals surface area (Å²) in [5, 5.41) is 12.4. The molecule has 7 aromatic heterocycles. The monoisotopic (exact) mass is 1340 g/mol. The molecular formula is C94H53N7O2S. The second kappa shape index (κ2) is 22.5. The van der Waals surface area contributed by atoms with Crippen molar-refractivity contribution in [3.63, 3.8) is 0 Å². The van der Waals surface area contributed by atoms with E-state index in [1.54, 1.807) is 0 Å². The number of fused-ring (bicyclic) bond motifs is 21. The highest BCUT2D eigenvalue weighted by Crippen LogP contribution is 2.54. The van der Waals surface area contributed by atoms with Crippen molar-refractivity contribution in [2.45, 2.75) is 0 Å². The van der Waals surface area contributed by atoms with Crippen LogP contribution in [0, 0.1) is 6.57 Å². The Hall–Kier alpha value is -14.0. The predicted molar refractivity (Wildman–Crippen MR) is 429 cm³/mol. The van der Waals surface area contributed by atoms with Gasteiger partial charge in [-0.05, 0) is 124 Å². The molecule has 0 aliphatic rings. The molecule has 0 aliphatic carbocycles. The van der Waals surface area contributed by atoms with Gasteiger partial charge in [-0.1, -0.05) is 231 Å². The standard InChI is InChI=1S/C94H53N7O2S/c1-95-73-54-72(94-97-92(58-29-13-5-14-30-58)96-93(98-94)59-31-15-6-16-32-59)86(99-74-45-39-60(55-23-7-2-8-24-55)51-69(74)83-77(99)48-42-66-63-33-17-20-36-80(63)102-89(66)83)88(101-76-47-41-62(57-27-11-4-12-28-57)53-71(76)85-79(101)50-44-68-65-35-19-22-38-82(65)104-91(68)85)87(73)100-75-46-40-61(56-25-9-3-10-26-56)52-70(75)84-78(100)49-43-67-64-34-18-21-37-81(64)103-90(67)84/h2-54H. The van der Waals surface area contributed by atoms with Crippen LogP contribution in [0.25, 0.3) is 219 Å². The second-order valence-corrected chi connectivity index (χ2v) is 27.8. The minimum atomic E-state index is 0.364. The number of hydrogen-bond acceptors (Lipinski definition) is 6. The predicted octanol–water partition coefficient (Wildman–Crippen LogP) is 25.9. The molecule has 0 amide bonds. The van der Waals surface area contributed by atoms with Crippen molar-refractivity contribution in [2.75, 3.05) is 0 Å². The lowest BCUT2D eigenvalue weighted by atomic mass is 10.0. The van der Waals surface area contributed by atoms with E-state index in [-0.39, 0.29) is 0 Å². The van der Waals surface area contributed by atoms with Gasteiger partial charge in [-0.25, -0.2) is 19.8 Å². The Morgan fingerprint density at radius 2 is 0.654 bits per heavy atom. The number of nitrogens with zero attached hydrogens (tertiary/aromatic N) is 7. The van der Waals surface area contributed by atoms with Gasteiger partial charge in [0.05, 0.1) is 67.5 Å². The zero-order valence-corrected chi connectivity index (χ0v) is 56.3. The molecule has 0 aliphatic heterocycles. The molecule has 7 heterocycles. The van der Waals surface area contributed by atoms with E-state index in [9.17, 15) is 6.57 Å². The highest BCUT2D eigenvalue weighted by molar-refractivity contribution is 7.26. The smallest absolute Gasteiger partial charge is 0.213 e. The number of hydrogen-bond donors (Lipinski definition) is 0. The Balaban J connectivity index is 1.00. The molecule has 0 bridgehead atoms. The molecule has 9 nitrogen and oxygen atoms in total. The first-order valence-corrected chi connectivity index (χ1v) is 35.7. The van der Waals surface area contributed by atoms with Crippen LogP contribution in [-0.2, 0) is 0 Å². The maximum Gasteiger partial charge on any atom is 0.213 e. The molecule has 0 fully saturated rings. The maximum absolute atomic E-state index is 10.1. The maximum atomic E-state index is 10.1. The molecule has 10 heteroatoms. The average Bonchev–Trinajstić information content (AvgIpc) is 1.50. The molecule has 482 valence electrons. The van der Waals surface area contributed by atoms with Gasteiger partial charge in [0.15, 0.2) is 17.5 Å². The molecule has 104 heavy (non-hydrogen) atoms. The van der Waals surface area contributed by atoms with Crippen LogP contribution in [0.3, 0.4) is 0 Å². The number of thiophene rings is 1. The van der Waals surface area contributed by atoms with Crippen molar-refractivity contribution in [2.24, 2.45) is 0 Å². The fraction of sp³-hybridized carbons (Fsp3) is 0. The molecule has 0 unspecified atom stereocenters. The molecule has 15 aromatic carbocycles. The minimum absolute atomic E-state index is 0.364. The van der Waals surface area contributed by atoms with Gasteiger partial charge in [0.2, 0.25) is 5.69 Å². The largest absolute Gasteiger partial charge is 0.455 e. The summed E-state index contributed by atoms with van der Waals surface area (Å²) in [7, 11) is 0. The summed E-state index contributed by atoms with van der Waals surface area (Å²) in [6, 6.07) is 114. The van der Waals surface area contributed by atoms with Gasteiger partial charge in [-0.2, -0.15) is 0 Å². The van der Waals surface area contributed by atoms with Crippen molar-refractivity contribution in [1.82, 2.24) is 28.7 Å². The molecule has 0 radical (unpaired) electrons. The number of para-hydroxylation sites is 2. The molecule has 0 saturated carbocycles. The summed E-state index contributed by atoms with van der Waals surface area (Å²) in [5.41, 5.74) is 19.6. The topological polar surface area (TPSA) is 84.1 Å². The van der Waals surface area contributed by atoms with E-state index in [1.165, 1.54) is 15.5 Å². The lowest BCUT2D eigenvalue weighted by Crippen LogP contribution is -2.12. The highest BCUT2D eigenvalue weighted by atomic mass is 32.1. The Labute approximate surface area is 597 Å². The fourth-order valence-corrected chi connectivity index (χ4v) is 17.7. The fourth-order valence-electron chi connectivity index (χ4n) is 16.5. The van der Waals surface area contributed by atoms with E-state index in [4.69, 9.17) is 28.6 Å². The van der Waals surface area contributed by atoms with E-state index >= 15 is 0 Å². The number of aromatic nitrogens is 6. The Morgan fingerprint density at radius 3 is 1.13 bits per heavy atom. The highest BCUT2D eigenvalue weighted by Gasteiger charge is 2.34. The third-order valence-corrected chi connectivity index (χ3v) is 22.3. The molecule has 22 rings (SSSR count). The Kier molecular flexibility index (Phi) is 12.5. The van der Waals surface area contributed by atoms with Crippen LogP contribution < -0.4 is 0 Å². The van der Waals surface area contributed by atoms with Gasteiger partial charge < -0.3 is 22.5 Å². The third-order valence-electron chi connectivity index (χ3n) is 21.1. The van der Waals surface area contributed by atoms with Crippen LogP contribution in [-0.4, -0.2) is 28.7 Å². The molecule has 0 spiro atoms. The summed E-state index contributed by atoms with van der Waals surface area (Å²) in [6.45, 7) is 10.1. The van der Waals surface area contributed by atoms with Crippen LogP contribution in [0.1, 0.15) is 0 Å².